The molecule has 0 radical (unpaired) electrons. The van der Waals surface area contributed by atoms with Crippen LogP contribution in [-0.4, -0.2) is 48.2 Å². The van der Waals surface area contributed by atoms with E-state index in [1.807, 2.05) is 0 Å². The number of amides is 1. The van der Waals surface area contributed by atoms with E-state index >= 15 is 0 Å². The first kappa shape index (κ1) is 25.7. The molecule has 1 amide bonds. The van der Waals surface area contributed by atoms with Crippen molar-refractivity contribution in [2.45, 2.75) is 50.2 Å². The molecule has 0 spiro atoms. The number of aryl methyl sites for hydroxylation is 2. The van der Waals surface area contributed by atoms with Gasteiger partial charge >= 0.3 is 0 Å². The number of ether oxygens (including phenoxy) is 1. The summed E-state index contributed by atoms with van der Waals surface area (Å²) in [6.45, 7) is 1.77. The minimum Gasteiger partial charge on any atom is -0.474 e. The number of hydrogen-bond donors (Lipinski definition) is 3. The van der Waals surface area contributed by atoms with Gasteiger partial charge in [-0.2, -0.15) is 0 Å². The Labute approximate surface area is 219 Å². The summed E-state index contributed by atoms with van der Waals surface area (Å²) in [7, 11) is 3.56. The van der Waals surface area contributed by atoms with Gasteiger partial charge in [0.1, 0.15) is 23.7 Å². The number of nitrogens with one attached hydrogen (secondary N) is 1. The largest absolute Gasteiger partial charge is 0.474 e. The van der Waals surface area contributed by atoms with Crippen LogP contribution in [0, 0.1) is 17.7 Å². The number of hydrogen-bond acceptors (Lipinski definition) is 6. The molecule has 2 aliphatic rings. The molecule has 3 atom stereocenters. The van der Waals surface area contributed by atoms with Gasteiger partial charge in [-0.1, -0.05) is 11.6 Å². The van der Waals surface area contributed by atoms with Crippen molar-refractivity contribution in [3.8, 4) is 5.88 Å². The van der Waals surface area contributed by atoms with Crippen LogP contribution in [0.4, 0.5) is 10.1 Å². The number of halogens is 2. The molecule has 3 aromatic rings. The van der Waals surface area contributed by atoms with Crippen LogP contribution in [0.25, 0.3) is 0 Å². The van der Waals surface area contributed by atoms with Gasteiger partial charge in [-0.25, -0.2) is 9.37 Å². The molecule has 0 bridgehead atoms. The average molecular weight is 532 g/mol. The van der Waals surface area contributed by atoms with Gasteiger partial charge in [0.25, 0.3) is 5.91 Å². The molecule has 2 aromatic heterocycles. The van der Waals surface area contributed by atoms with E-state index in [1.165, 1.54) is 18.2 Å². The number of aliphatic hydroxyl groups is 2. The number of imidazole rings is 1. The molecule has 9 nitrogen and oxygen atoms in total. The maximum atomic E-state index is 13.5. The molecule has 11 heteroatoms. The van der Waals surface area contributed by atoms with Crippen LogP contribution >= 0.6 is 11.6 Å². The monoisotopic (exact) mass is 531 g/mol. The van der Waals surface area contributed by atoms with Crippen LogP contribution in [0.3, 0.4) is 0 Å². The van der Waals surface area contributed by atoms with E-state index in [4.69, 9.17) is 16.3 Å². The molecule has 5 rings (SSSR count). The zero-order valence-electron chi connectivity index (χ0n) is 21.0. The van der Waals surface area contributed by atoms with Gasteiger partial charge in [0, 0.05) is 31.8 Å². The van der Waals surface area contributed by atoms with E-state index in [9.17, 15) is 19.4 Å². The molecule has 2 fully saturated rings. The maximum Gasteiger partial charge on any atom is 0.274 e. The summed E-state index contributed by atoms with van der Waals surface area (Å²) >= 11 is 5.86. The van der Waals surface area contributed by atoms with Crippen LogP contribution in [0.1, 0.15) is 60.4 Å². The third-order valence-corrected chi connectivity index (χ3v) is 7.88. The lowest BCUT2D eigenvalue weighted by Gasteiger charge is -2.24. The van der Waals surface area contributed by atoms with Gasteiger partial charge in [-0.05, 0) is 62.6 Å². The van der Waals surface area contributed by atoms with Crippen LogP contribution in [0.2, 0.25) is 5.02 Å². The standard InChI is InChI=1S/C26H31ClFN5O4/c1-14(34)12-37-22-9-21(33(3)31-22)26(36)10-16-6-15(7-17(16)11-26)23-24(32(2)13-29-23)25(35)30-18-4-5-20(28)19(27)8-18/h4-5,8-9,13-17,34,36H,6-7,10-12H2,1-3H3,(H,30,35). The normalized spacial score (nSPS) is 25.8. The third kappa shape index (κ3) is 4.97. The van der Waals surface area contributed by atoms with Crippen LogP contribution in [0.15, 0.2) is 30.6 Å². The Morgan fingerprint density at radius 2 is 2.00 bits per heavy atom. The second-order valence-corrected chi connectivity index (χ2v) is 10.9. The van der Waals surface area contributed by atoms with E-state index in [0.29, 0.717) is 35.8 Å². The molecule has 2 heterocycles. The second kappa shape index (κ2) is 9.74. The highest BCUT2D eigenvalue weighted by Gasteiger charge is 2.51. The third-order valence-electron chi connectivity index (χ3n) is 7.59. The zero-order chi connectivity index (χ0) is 26.5. The smallest absolute Gasteiger partial charge is 0.274 e. The summed E-state index contributed by atoms with van der Waals surface area (Å²) in [5.74, 6) is 0.156. The Morgan fingerprint density at radius 3 is 2.65 bits per heavy atom. The van der Waals surface area contributed by atoms with Crippen LogP contribution < -0.4 is 10.1 Å². The summed E-state index contributed by atoms with van der Waals surface area (Å²) in [4.78, 5) is 17.7. The molecule has 0 aliphatic heterocycles. The molecule has 37 heavy (non-hydrogen) atoms. The minimum atomic E-state index is -1.01. The number of carbonyl (C=O) groups excluding carboxylic acids is 1. The van der Waals surface area contributed by atoms with Gasteiger partial charge in [0.15, 0.2) is 0 Å². The van der Waals surface area contributed by atoms with Gasteiger partial charge in [0.05, 0.1) is 28.8 Å². The lowest BCUT2D eigenvalue weighted by atomic mass is 9.90. The topological polar surface area (TPSA) is 114 Å². The van der Waals surface area contributed by atoms with Gasteiger partial charge in [-0.15, -0.1) is 5.10 Å². The van der Waals surface area contributed by atoms with E-state index in [2.05, 4.69) is 15.4 Å². The van der Waals surface area contributed by atoms with Crippen molar-refractivity contribution in [1.82, 2.24) is 19.3 Å². The molecule has 198 valence electrons. The number of carbonyl (C=O) groups is 1. The summed E-state index contributed by atoms with van der Waals surface area (Å²) in [5.41, 5.74) is 1.30. The van der Waals surface area contributed by atoms with Crippen molar-refractivity contribution in [3.05, 3.63) is 58.5 Å². The Hall–Kier alpha value is -2.95. The lowest BCUT2D eigenvalue weighted by Crippen LogP contribution is -2.26. The number of benzene rings is 1. The molecule has 3 N–H and O–H groups in total. The van der Waals surface area contributed by atoms with E-state index in [1.54, 1.807) is 42.7 Å². The highest BCUT2D eigenvalue weighted by Crippen LogP contribution is 2.57. The molecule has 0 saturated heterocycles. The number of nitrogens with zero attached hydrogens (tertiary/aromatic N) is 4. The Morgan fingerprint density at radius 1 is 1.30 bits per heavy atom. The Balaban J connectivity index is 1.29. The molecular weight excluding hydrogens is 501 g/mol. The molecule has 2 saturated carbocycles. The summed E-state index contributed by atoms with van der Waals surface area (Å²) < 4.78 is 22.4. The number of fused-ring (bicyclic) bond motifs is 1. The first-order valence-corrected chi connectivity index (χ1v) is 12.8. The van der Waals surface area contributed by atoms with Crippen molar-refractivity contribution < 1.29 is 24.1 Å². The van der Waals surface area contributed by atoms with Crippen LogP contribution in [-0.2, 0) is 19.7 Å². The molecular formula is C26H31ClFN5O4. The van der Waals surface area contributed by atoms with E-state index in [-0.39, 0.29) is 35.3 Å². The number of aliphatic hydroxyl groups excluding tert-OH is 1. The van der Waals surface area contributed by atoms with E-state index in [0.717, 1.165) is 18.5 Å². The predicted octanol–water partition coefficient (Wildman–Crippen LogP) is 3.75. The second-order valence-electron chi connectivity index (χ2n) is 10.5. The van der Waals surface area contributed by atoms with E-state index < -0.39 is 17.5 Å². The molecule has 3 unspecified atom stereocenters. The molecule has 1 aromatic carbocycles. The number of anilines is 1. The van der Waals surface area contributed by atoms with Crippen molar-refractivity contribution >= 4 is 23.2 Å². The predicted molar refractivity (Wildman–Crippen MR) is 135 cm³/mol. The van der Waals surface area contributed by atoms with Gasteiger partial charge in [0.2, 0.25) is 5.88 Å². The highest BCUT2D eigenvalue weighted by atomic mass is 35.5. The number of aromatic nitrogens is 4. The fourth-order valence-electron chi connectivity index (χ4n) is 6.04. The SMILES string of the molecule is CC(O)COc1cc(C2(O)CC3CC(c4ncn(C)c4C(=O)Nc4ccc(F)c(Cl)c4)CC3C2)n(C)n1. The first-order chi connectivity index (χ1) is 17.5. The Kier molecular flexibility index (Phi) is 6.76. The van der Waals surface area contributed by atoms with Gasteiger partial charge in [-0.3, -0.25) is 9.48 Å². The minimum absolute atomic E-state index is 0.0609. The fourth-order valence-corrected chi connectivity index (χ4v) is 6.22. The fraction of sp³-hybridized carbons (Fsp3) is 0.500. The van der Waals surface area contributed by atoms with Crippen molar-refractivity contribution in [2.24, 2.45) is 25.9 Å². The zero-order valence-corrected chi connectivity index (χ0v) is 21.7. The lowest BCUT2D eigenvalue weighted by molar-refractivity contribution is 0.0263. The van der Waals surface area contributed by atoms with Crippen LogP contribution in [0.5, 0.6) is 5.88 Å². The first-order valence-electron chi connectivity index (χ1n) is 12.4. The maximum absolute atomic E-state index is 13.5. The average Bonchev–Trinajstić information content (AvgIpc) is 3.56. The highest BCUT2D eigenvalue weighted by molar-refractivity contribution is 6.31. The molecule has 2 aliphatic carbocycles. The summed E-state index contributed by atoms with van der Waals surface area (Å²) in [5, 5.41) is 28.1. The van der Waals surface area contributed by atoms with Crippen molar-refractivity contribution in [1.29, 1.82) is 0 Å². The summed E-state index contributed by atoms with van der Waals surface area (Å²) in [6.07, 6.45) is 3.84. The van der Waals surface area contributed by atoms with Gasteiger partial charge < -0.3 is 24.8 Å². The number of rotatable bonds is 7. The van der Waals surface area contributed by atoms with Crippen molar-refractivity contribution in [2.75, 3.05) is 11.9 Å². The quantitative estimate of drug-likeness (QED) is 0.428. The Bertz CT molecular complexity index is 1310. The van der Waals surface area contributed by atoms with Crippen molar-refractivity contribution in [3.63, 3.8) is 0 Å². The summed E-state index contributed by atoms with van der Waals surface area (Å²) in [6, 6.07) is 5.82.